The first-order valence-corrected chi connectivity index (χ1v) is 10.9. The van der Waals surface area contributed by atoms with E-state index in [0.717, 1.165) is 16.7 Å². The lowest BCUT2D eigenvalue weighted by Crippen LogP contribution is -2.40. The van der Waals surface area contributed by atoms with Gasteiger partial charge in [-0.2, -0.15) is 4.31 Å². The molecule has 0 aliphatic carbocycles. The second kappa shape index (κ2) is 8.94. The molecule has 0 unspecified atom stereocenters. The Bertz CT molecular complexity index is 998. The molecule has 3 rings (SSSR count). The number of hydrogen-bond donors (Lipinski definition) is 1. The van der Waals surface area contributed by atoms with Crippen molar-refractivity contribution in [2.75, 3.05) is 38.7 Å². The van der Waals surface area contributed by atoms with Crippen LogP contribution in [0.3, 0.4) is 0 Å². The molecule has 2 aromatic rings. The Morgan fingerprint density at radius 2 is 1.86 bits per heavy atom. The smallest absolute Gasteiger partial charge is 0.243 e. The zero-order valence-corrected chi connectivity index (χ0v) is 17.7. The van der Waals surface area contributed by atoms with Gasteiger partial charge in [0.25, 0.3) is 0 Å². The Hall–Kier alpha value is -2.42. The van der Waals surface area contributed by atoms with Crippen molar-refractivity contribution in [3.8, 4) is 5.75 Å². The topological polar surface area (TPSA) is 84.9 Å². The number of anilines is 1. The molecule has 1 heterocycles. The fourth-order valence-corrected chi connectivity index (χ4v) is 4.67. The first-order valence-electron chi connectivity index (χ1n) is 9.43. The number of amides is 1. The number of nitrogens with one attached hydrogen (secondary N) is 1. The van der Waals surface area contributed by atoms with Gasteiger partial charge >= 0.3 is 0 Å². The van der Waals surface area contributed by atoms with E-state index in [2.05, 4.69) is 5.32 Å². The van der Waals surface area contributed by atoms with Crippen molar-refractivity contribution in [2.45, 2.75) is 25.2 Å². The zero-order chi connectivity index (χ0) is 21.0. The Labute approximate surface area is 171 Å². The van der Waals surface area contributed by atoms with Crippen LogP contribution in [-0.4, -0.2) is 52.0 Å². The van der Waals surface area contributed by atoms with Gasteiger partial charge in [-0.3, -0.25) is 4.79 Å². The summed E-state index contributed by atoms with van der Waals surface area (Å²) in [6.45, 7) is 5.29. The highest BCUT2D eigenvalue weighted by Crippen LogP contribution is 2.29. The van der Waals surface area contributed by atoms with E-state index in [9.17, 15) is 13.2 Å². The molecule has 1 fully saturated rings. The van der Waals surface area contributed by atoms with Gasteiger partial charge in [-0.1, -0.05) is 23.8 Å². The Kier molecular flexibility index (Phi) is 6.56. The molecule has 1 amide bonds. The van der Waals surface area contributed by atoms with Gasteiger partial charge < -0.3 is 14.8 Å². The van der Waals surface area contributed by atoms with Gasteiger partial charge in [0.2, 0.25) is 15.9 Å². The number of rotatable bonds is 6. The third-order valence-electron chi connectivity index (χ3n) is 4.91. The number of nitrogens with zero attached hydrogens (tertiary/aromatic N) is 1. The molecule has 1 saturated heterocycles. The molecule has 0 atom stereocenters. The second-order valence-electron chi connectivity index (χ2n) is 7.03. The third-order valence-corrected chi connectivity index (χ3v) is 6.80. The number of ether oxygens (including phenoxy) is 2. The van der Waals surface area contributed by atoms with Crippen molar-refractivity contribution in [1.82, 2.24) is 4.31 Å². The van der Waals surface area contributed by atoms with Crippen LogP contribution in [0, 0.1) is 13.8 Å². The second-order valence-corrected chi connectivity index (χ2v) is 8.97. The van der Waals surface area contributed by atoms with E-state index in [4.69, 9.17) is 9.47 Å². The molecule has 1 N–H and O–H groups in total. The van der Waals surface area contributed by atoms with E-state index in [1.54, 1.807) is 6.07 Å². The number of carbonyl (C=O) groups is 1. The molecule has 0 aromatic heterocycles. The largest absolute Gasteiger partial charge is 0.495 e. The lowest BCUT2D eigenvalue weighted by atomic mass is 10.0. The maximum atomic E-state index is 12.9. The number of morpholine rings is 1. The van der Waals surface area contributed by atoms with E-state index < -0.39 is 10.0 Å². The predicted octanol–water partition coefficient (Wildman–Crippen LogP) is 2.51. The van der Waals surface area contributed by atoms with Gasteiger partial charge in [0.1, 0.15) is 5.75 Å². The maximum Gasteiger partial charge on any atom is 0.243 e. The molecule has 7 nitrogen and oxygen atoms in total. The van der Waals surface area contributed by atoms with Crippen LogP contribution in [0.15, 0.2) is 41.3 Å². The van der Waals surface area contributed by atoms with Gasteiger partial charge in [0.15, 0.2) is 0 Å². The maximum absolute atomic E-state index is 12.9. The number of benzene rings is 2. The van der Waals surface area contributed by atoms with Gasteiger partial charge in [-0.05, 0) is 43.2 Å². The molecule has 8 heteroatoms. The van der Waals surface area contributed by atoms with Crippen molar-refractivity contribution < 1.29 is 22.7 Å². The molecule has 1 aliphatic rings. The highest BCUT2D eigenvalue weighted by atomic mass is 32.2. The minimum absolute atomic E-state index is 0.113. The van der Waals surface area contributed by atoms with Gasteiger partial charge in [-0.25, -0.2) is 8.42 Å². The molecular weight excluding hydrogens is 392 g/mol. The number of methoxy groups -OCH3 is 1. The Morgan fingerprint density at radius 3 is 2.55 bits per heavy atom. The van der Waals surface area contributed by atoms with Crippen LogP contribution in [0.2, 0.25) is 0 Å². The number of carbonyl (C=O) groups excluding carboxylic acids is 1. The van der Waals surface area contributed by atoms with Gasteiger partial charge in [0, 0.05) is 13.1 Å². The molecule has 0 radical (unpaired) electrons. The molecule has 2 aromatic carbocycles. The SMILES string of the molecule is COc1ccc(S(=O)(=O)N2CCOCC2)cc1NC(=O)Cc1cc(C)ccc1C. The summed E-state index contributed by atoms with van der Waals surface area (Å²) >= 11 is 0. The predicted molar refractivity (Wildman–Crippen MR) is 111 cm³/mol. The Morgan fingerprint density at radius 1 is 1.14 bits per heavy atom. The minimum atomic E-state index is -3.67. The zero-order valence-electron chi connectivity index (χ0n) is 16.9. The van der Waals surface area contributed by atoms with Gasteiger partial charge in [0.05, 0.1) is 37.3 Å². The molecule has 0 spiro atoms. The first kappa shape index (κ1) is 21.3. The summed E-state index contributed by atoms with van der Waals surface area (Å²) in [4.78, 5) is 12.7. The van der Waals surface area contributed by atoms with Crippen LogP contribution < -0.4 is 10.1 Å². The number of sulfonamides is 1. The fraction of sp³-hybridized carbons (Fsp3) is 0.381. The summed E-state index contributed by atoms with van der Waals surface area (Å²) in [6.07, 6.45) is 0.192. The van der Waals surface area contributed by atoms with E-state index in [-0.39, 0.29) is 17.2 Å². The fourth-order valence-electron chi connectivity index (χ4n) is 3.24. The van der Waals surface area contributed by atoms with Crippen molar-refractivity contribution in [3.63, 3.8) is 0 Å². The van der Waals surface area contributed by atoms with Crippen LogP contribution in [0.1, 0.15) is 16.7 Å². The van der Waals surface area contributed by atoms with E-state index in [1.807, 2.05) is 32.0 Å². The lowest BCUT2D eigenvalue weighted by Gasteiger charge is -2.26. The summed E-state index contributed by atoms with van der Waals surface area (Å²) in [5, 5.41) is 2.80. The average molecular weight is 419 g/mol. The lowest BCUT2D eigenvalue weighted by molar-refractivity contribution is -0.115. The van der Waals surface area contributed by atoms with E-state index >= 15 is 0 Å². The first-order chi connectivity index (χ1) is 13.8. The van der Waals surface area contributed by atoms with Crippen LogP contribution in [0.5, 0.6) is 5.75 Å². The van der Waals surface area contributed by atoms with Crippen molar-refractivity contribution in [1.29, 1.82) is 0 Å². The minimum Gasteiger partial charge on any atom is -0.495 e. The normalized spacial score (nSPS) is 15.1. The summed E-state index contributed by atoms with van der Waals surface area (Å²) in [5.41, 5.74) is 3.37. The van der Waals surface area contributed by atoms with E-state index in [1.165, 1.54) is 23.5 Å². The summed E-state index contributed by atoms with van der Waals surface area (Å²) < 4.78 is 37.8. The van der Waals surface area contributed by atoms with Crippen LogP contribution in [0.25, 0.3) is 0 Å². The summed E-state index contributed by atoms with van der Waals surface area (Å²) in [6, 6.07) is 10.5. The summed E-state index contributed by atoms with van der Waals surface area (Å²) in [7, 11) is -2.19. The van der Waals surface area contributed by atoms with Crippen molar-refractivity contribution in [2.24, 2.45) is 0 Å². The van der Waals surface area contributed by atoms with Gasteiger partial charge in [-0.15, -0.1) is 0 Å². The van der Waals surface area contributed by atoms with Crippen molar-refractivity contribution >= 4 is 21.6 Å². The molecule has 156 valence electrons. The molecule has 0 bridgehead atoms. The molecule has 1 aliphatic heterocycles. The average Bonchev–Trinajstić information content (AvgIpc) is 2.71. The van der Waals surface area contributed by atoms with Crippen molar-refractivity contribution in [3.05, 3.63) is 53.1 Å². The Balaban J connectivity index is 1.83. The highest BCUT2D eigenvalue weighted by molar-refractivity contribution is 7.89. The molecule has 0 saturated carbocycles. The molecule has 29 heavy (non-hydrogen) atoms. The van der Waals surface area contributed by atoms with Crippen LogP contribution in [0.4, 0.5) is 5.69 Å². The number of hydrogen-bond acceptors (Lipinski definition) is 5. The standard InChI is InChI=1S/C21H26N2O5S/c1-15-4-5-16(2)17(12-15)13-21(24)22-19-14-18(6-7-20(19)27-3)29(25,26)23-8-10-28-11-9-23/h4-7,12,14H,8-11,13H2,1-3H3,(H,22,24). The van der Waals surface area contributed by atoms with Crippen LogP contribution >= 0.6 is 0 Å². The van der Waals surface area contributed by atoms with E-state index in [0.29, 0.717) is 37.7 Å². The third kappa shape index (κ3) is 4.95. The summed E-state index contributed by atoms with van der Waals surface area (Å²) in [5.74, 6) is 0.165. The number of aryl methyl sites for hydroxylation is 2. The monoisotopic (exact) mass is 418 g/mol. The van der Waals surface area contributed by atoms with Crippen LogP contribution in [-0.2, 0) is 26.0 Å². The molecular formula is C21H26N2O5S. The highest BCUT2D eigenvalue weighted by Gasteiger charge is 2.27. The quantitative estimate of drug-likeness (QED) is 0.779.